The van der Waals surface area contributed by atoms with Crippen LogP contribution < -0.4 is 5.32 Å². The molecule has 0 aromatic carbocycles. The summed E-state index contributed by atoms with van der Waals surface area (Å²) >= 11 is 2.88. The Morgan fingerprint density at radius 1 is 1.50 bits per heavy atom. The van der Waals surface area contributed by atoms with E-state index in [1.807, 2.05) is 6.92 Å². The van der Waals surface area contributed by atoms with Crippen LogP contribution >= 0.6 is 22.7 Å². The molecule has 0 unspecified atom stereocenters. The van der Waals surface area contributed by atoms with Gasteiger partial charge in [0.2, 0.25) is 11.0 Å². The predicted octanol–water partition coefficient (Wildman–Crippen LogP) is 2.61. The van der Waals surface area contributed by atoms with E-state index in [4.69, 9.17) is 0 Å². The minimum atomic E-state index is -0.101. The molecule has 2 rings (SSSR count). The maximum atomic E-state index is 11.8. The summed E-state index contributed by atoms with van der Waals surface area (Å²) in [6.07, 6.45) is 0.289. The summed E-state index contributed by atoms with van der Waals surface area (Å²) < 4.78 is 0. The molecule has 0 spiro atoms. The zero-order valence-corrected chi connectivity index (χ0v) is 12.1. The third-order valence-electron chi connectivity index (χ3n) is 2.34. The lowest BCUT2D eigenvalue weighted by Gasteiger charge is -2.00. The fraction of sp³-hybridized carbons (Fsp3) is 0.455. The number of carbonyl (C=O) groups excluding carboxylic acids is 1. The monoisotopic (exact) mass is 282 g/mol. The molecule has 0 saturated heterocycles. The van der Waals surface area contributed by atoms with Crippen molar-refractivity contribution in [3.05, 3.63) is 21.1 Å². The van der Waals surface area contributed by atoms with E-state index in [9.17, 15) is 4.79 Å². The van der Waals surface area contributed by atoms with E-state index in [2.05, 4.69) is 34.3 Å². The predicted molar refractivity (Wildman–Crippen MR) is 73.2 cm³/mol. The molecule has 2 aromatic rings. The smallest absolute Gasteiger partial charge is 0.233 e. The zero-order valence-electron chi connectivity index (χ0n) is 10.4. The van der Waals surface area contributed by atoms with Crippen LogP contribution in [0.25, 0.3) is 0 Å². The van der Waals surface area contributed by atoms with E-state index in [1.54, 1.807) is 16.8 Å². The molecule has 0 aliphatic carbocycles. The molecule has 2 heterocycles. The van der Waals surface area contributed by atoms with Crippen LogP contribution in [0.4, 0.5) is 5.13 Å². The summed E-state index contributed by atoms with van der Waals surface area (Å²) in [5, 5.41) is 11.5. The van der Waals surface area contributed by atoms with Crippen LogP contribution in [-0.4, -0.2) is 21.1 Å². The number of hydrogen-bond acceptors (Lipinski definition) is 6. The molecule has 0 aliphatic rings. The number of hydrogen-bond donors (Lipinski definition) is 1. The third-order valence-corrected chi connectivity index (χ3v) is 3.94. The Morgan fingerprint density at radius 3 is 2.83 bits per heavy atom. The molecule has 0 fully saturated rings. The van der Waals surface area contributed by atoms with Crippen LogP contribution in [0.5, 0.6) is 0 Å². The number of carbonyl (C=O) groups is 1. The molecule has 5 nitrogen and oxygen atoms in total. The van der Waals surface area contributed by atoms with Crippen molar-refractivity contribution in [3.8, 4) is 0 Å². The Bertz CT molecular complexity index is 533. The Kier molecular flexibility index (Phi) is 4.03. The van der Waals surface area contributed by atoms with Crippen LogP contribution in [0.15, 0.2) is 5.51 Å². The number of thiazole rings is 1. The molecule has 0 aliphatic heterocycles. The van der Waals surface area contributed by atoms with Crippen LogP contribution in [0.3, 0.4) is 0 Å². The van der Waals surface area contributed by atoms with Crippen LogP contribution in [0.1, 0.15) is 35.3 Å². The fourth-order valence-corrected chi connectivity index (χ4v) is 3.15. The van der Waals surface area contributed by atoms with Gasteiger partial charge in [0.25, 0.3) is 0 Å². The largest absolute Gasteiger partial charge is 0.300 e. The summed E-state index contributed by atoms with van der Waals surface area (Å²) in [6, 6.07) is 0. The molecule has 0 saturated carbocycles. The average Bonchev–Trinajstić information content (AvgIpc) is 2.88. The highest BCUT2D eigenvalue weighted by atomic mass is 32.1. The van der Waals surface area contributed by atoms with Gasteiger partial charge in [0, 0.05) is 4.88 Å². The normalized spacial score (nSPS) is 10.9. The Morgan fingerprint density at radius 2 is 2.28 bits per heavy atom. The lowest BCUT2D eigenvalue weighted by Crippen LogP contribution is -2.14. The third kappa shape index (κ3) is 3.11. The molecule has 7 heteroatoms. The first kappa shape index (κ1) is 13.1. The lowest BCUT2D eigenvalue weighted by molar-refractivity contribution is -0.115. The number of amides is 1. The van der Waals surface area contributed by atoms with Crippen LogP contribution in [0.2, 0.25) is 0 Å². The molecular formula is C11H14N4OS2. The van der Waals surface area contributed by atoms with Crippen molar-refractivity contribution >= 4 is 33.7 Å². The van der Waals surface area contributed by atoms with E-state index in [0.717, 1.165) is 10.7 Å². The highest BCUT2D eigenvalue weighted by molar-refractivity contribution is 7.13. The summed E-state index contributed by atoms with van der Waals surface area (Å²) in [6.45, 7) is 6.25. The van der Waals surface area contributed by atoms with E-state index < -0.39 is 0 Å². The number of anilines is 1. The molecule has 0 radical (unpaired) electrons. The first-order chi connectivity index (χ1) is 8.56. The van der Waals surface area contributed by atoms with Gasteiger partial charge >= 0.3 is 0 Å². The van der Waals surface area contributed by atoms with Gasteiger partial charge < -0.3 is 5.32 Å². The van der Waals surface area contributed by atoms with Gasteiger partial charge in [-0.25, -0.2) is 4.98 Å². The summed E-state index contributed by atoms with van der Waals surface area (Å²) in [5.41, 5.74) is 2.67. The second kappa shape index (κ2) is 5.53. The first-order valence-electron chi connectivity index (χ1n) is 5.58. The number of aromatic nitrogens is 3. The van der Waals surface area contributed by atoms with Crippen molar-refractivity contribution in [3.63, 3.8) is 0 Å². The number of nitrogens with zero attached hydrogens (tertiary/aromatic N) is 3. The first-order valence-corrected chi connectivity index (χ1v) is 7.28. The Hall–Kier alpha value is -1.34. The Labute approximate surface area is 113 Å². The molecule has 1 amide bonds. The zero-order chi connectivity index (χ0) is 13.1. The highest BCUT2D eigenvalue weighted by Gasteiger charge is 2.14. The number of aryl methyl sites for hydroxylation is 1. The molecule has 96 valence electrons. The second-order valence-corrected chi connectivity index (χ2v) is 6.29. The van der Waals surface area contributed by atoms with E-state index in [0.29, 0.717) is 11.0 Å². The standard InChI is InChI=1S/C11H14N4OS2/c1-6(2)10-7(3)18-9(14-10)4-8(16)13-11-15-12-5-17-11/h5-6H,4H2,1-3H3,(H,13,15,16). The summed E-state index contributed by atoms with van der Waals surface area (Å²) in [4.78, 5) is 17.5. The quantitative estimate of drug-likeness (QED) is 0.936. The molecule has 2 aromatic heterocycles. The Balaban J connectivity index is 2.01. The maximum absolute atomic E-state index is 11.8. The van der Waals surface area contributed by atoms with Crippen LogP contribution in [-0.2, 0) is 11.2 Å². The molecular weight excluding hydrogens is 268 g/mol. The minimum absolute atomic E-state index is 0.101. The van der Waals surface area contributed by atoms with E-state index in [-0.39, 0.29) is 12.3 Å². The van der Waals surface area contributed by atoms with Crippen molar-refractivity contribution in [1.82, 2.24) is 15.2 Å². The van der Waals surface area contributed by atoms with Gasteiger partial charge in [0.15, 0.2) is 0 Å². The number of nitrogens with one attached hydrogen (secondary N) is 1. The topological polar surface area (TPSA) is 67.8 Å². The number of rotatable bonds is 4. The maximum Gasteiger partial charge on any atom is 0.233 e. The van der Waals surface area contributed by atoms with Crippen molar-refractivity contribution in [2.75, 3.05) is 5.32 Å². The second-order valence-electron chi connectivity index (χ2n) is 4.17. The van der Waals surface area contributed by atoms with Crippen molar-refractivity contribution in [2.45, 2.75) is 33.1 Å². The summed E-state index contributed by atoms with van der Waals surface area (Å²) in [7, 11) is 0. The molecule has 1 N–H and O–H groups in total. The van der Waals surface area contributed by atoms with Crippen molar-refractivity contribution < 1.29 is 4.79 Å². The van der Waals surface area contributed by atoms with Crippen molar-refractivity contribution in [2.24, 2.45) is 0 Å². The molecule has 0 bridgehead atoms. The van der Waals surface area contributed by atoms with Gasteiger partial charge in [-0.05, 0) is 12.8 Å². The molecule has 18 heavy (non-hydrogen) atoms. The summed E-state index contributed by atoms with van der Waals surface area (Å²) in [5.74, 6) is 0.289. The SMILES string of the molecule is Cc1sc(CC(=O)Nc2nncs2)nc1C(C)C. The van der Waals surface area contributed by atoms with Gasteiger partial charge in [-0.15, -0.1) is 21.5 Å². The minimum Gasteiger partial charge on any atom is -0.300 e. The molecule has 0 atom stereocenters. The van der Waals surface area contributed by atoms with E-state index >= 15 is 0 Å². The highest BCUT2D eigenvalue weighted by Crippen LogP contribution is 2.24. The van der Waals surface area contributed by atoms with Gasteiger partial charge in [0.1, 0.15) is 10.5 Å². The average molecular weight is 282 g/mol. The van der Waals surface area contributed by atoms with Gasteiger partial charge in [-0.1, -0.05) is 25.2 Å². The van der Waals surface area contributed by atoms with Gasteiger partial charge in [0.05, 0.1) is 12.1 Å². The lowest BCUT2D eigenvalue weighted by atomic mass is 10.1. The van der Waals surface area contributed by atoms with Crippen LogP contribution in [0, 0.1) is 6.92 Å². The van der Waals surface area contributed by atoms with Gasteiger partial charge in [-0.2, -0.15) is 0 Å². The van der Waals surface area contributed by atoms with Gasteiger partial charge in [-0.3, -0.25) is 4.79 Å². The fourth-order valence-electron chi connectivity index (χ4n) is 1.60. The van der Waals surface area contributed by atoms with E-state index in [1.165, 1.54) is 16.2 Å². The van der Waals surface area contributed by atoms with Crippen molar-refractivity contribution in [1.29, 1.82) is 0 Å².